The van der Waals surface area contributed by atoms with Gasteiger partial charge in [0.2, 0.25) is 0 Å². The largest absolute Gasteiger partial charge is 0.491 e. The lowest BCUT2D eigenvalue weighted by Crippen LogP contribution is -2.15. The van der Waals surface area contributed by atoms with Crippen LogP contribution in [0.4, 0.5) is 5.69 Å². The third-order valence-electron chi connectivity index (χ3n) is 8.62. The highest BCUT2D eigenvalue weighted by atomic mass is 16.6. The van der Waals surface area contributed by atoms with E-state index in [0.29, 0.717) is 124 Å². The predicted molar refractivity (Wildman–Crippen MR) is 216 cm³/mol. The number of nitro groups is 1. The van der Waals surface area contributed by atoms with Crippen molar-refractivity contribution < 1.29 is 57.1 Å². The molecule has 0 saturated carbocycles. The average Bonchev–Trinajstić information content (AvgIpc) is 3.20. The average molecular weight is 802 g/mol. The van der Waals surface area contributed by atoms with E-state index in [9.17, 15) is 14.9 Å². The summed E-state index contributed by atoms with van der Waals surface area (Å²) in [6.07, 6.45) is 20.1. The molecule has 0 aromatic heterocycles. The molecule has 326 valence electrons. The molecule has 0 N–H and O–H groups in total. The number of unbranched alkanes of at least 4 members (excludes halogenated alkanes) is 14. The van der Waals surface area contributed by atoms with E-state index >= 15 is 0 Å². The van der Waals surface area contributed by atoms with Crippen molar-refractivity contribution in [3.63, 3.8) is 0 Å². The zero-order chi connectivity index (χ0) is 40.3. The summed E-state index contributed by atoms with van der Waals surface area (Å²) >= 11 is 0. The third kappa shape index (κ3) is 37.2. The number of hydrogen-bond donors (Lipinski definition) is 0. The second-order valence-corrected chi connectivity index (χ2v) is 13.4. The van der Waals surface area contributed by atoms with Crippen LogP contribution in [0.5, 0.6) is 5.75 Å². The molecule has 0 aliphatic rings. The second-order valence-electron chi connectivity index (χ2n) is 13.4. The Balaban J connectivity index is 1.66. The van der Waals surface area contributed by atoms with Gasteiger partial charge in [0.15, 0.2) is 0 Å². The normalized spacial score (nSPS) is 11.3. The molecule has 0 radical (unpaired) electrons. The highest BCUT2D eigenvalue weighted by Crippen LogP contribution is 2.17. The number of nitrogens with zero attached hydrogens (tertiary/aromatic N) is 1. The van der Waals surface area contributed by atoms with Crippen molar-refractivity contribution in [3.8, 4) is 5.75 Å². The van der Waals surface area contributed by atoms with E-state index in [1.54, 1.807) is 12.1 Å². The van der Waals surface area contributed by atoms with Crippen LogP contribution in [-0.4, -0.2) is 130 Å². The molecule has 0 heterocycles. The van der Waals surface area contributed by atoms with Gasteiger partial charge in [0, 0.05) is 18.6 Å². The van der Waals surface area contributed by atoms with E-state index < -0.39 is 4.92 Å². The number of benzene rings is 1. The van der Waals surface area contributed by atoms with Gasteiger partial charge < -0.3 is 47.4 Å². The lowest BCUT2D eigenvalue weighted by molar-refractivity contribution is -0.384. The first kappa shape index (κ1) is 51.6. The second kappa shape index (κ2) is 42.2. The Labute approximate surface area is 337 Å². The van der Waals surface area contributed by atoms with Gasteiger partial charge in [-0.05, 0) is 18.6 Å². The minimum Gasteiger partial charge on any atom is -0.491 e. The summed E-state index contributed by atoms with van der Waals surface area (Å²) in [5.74, 6) is 0.418. The Morgan fingerprint density at radius 1 is 0.446 bits per heavy atom. The molecule has 56 heavy (non-hydrogen) atoms. The van der Waals surface area contributed by atoms with Crippen LogP contribution in [0.15, 0.2) is 24.3 Å². The highest BCUT2D eigenvalue weighted by Gasteiger charge is 2.05. The molecule has 1 rings (SSSR count). The van der Waals surface area contributed by atoms with Gasteiger partial charge in [0.05, 0.1) is 111 Å². The van der Waals surface area contributed by atoms with Crippen LogP contribution in [-0.2, 0) is 47.4 Å². The Kier molecular flexibility index (Phi) is 38.9. The number of carbonyl (C=O) groups is 1. The summed E-state index contributed by atoms with van der Waals surface area (Å²) in [6.45, 7) is 10.2. The third-order valence-corrected chi connectivity index (χ3v) is 8.62. The smallest absolute Gasteiger partial charge is 0.305 e. The molecule has 0 unspecified atom stereocenters. The van der Waals surface area contributed by atoms with Gasteiger partial charge in [-0.3, -0.25) is 14.9 Å². The molecular weight excluding hydrogens is 726 g/mol. The van der Waals surface area contributed by atoms with Crippen molar-refractivity contribution in [1.82, 2.24) is 0 Å². The first-order chi connectivity index (χ1) is 27.6. The van der Waals surface area contributed by atoms with Gasteiger partial charge in [-0.25, -0.2) is 0 Å². The van der Waals surface area contributed by atoms with Gasteiger partial charge in [-0.15, -0.1) is 0 Å². The lowest BCUT2D eigenvalue weighted by atomic mass is 10.0. The maximum atomic E-state index is 11.9. The van der Waals surface area contributed by atoms with Crippen molar-refractivity contribution in [1.29, 1.82) is 0 Å². The molecule has 14 heteroatoms. The number of rotatable bonds is 45. The number of carbonyl (C=O) groups excluding carboxylic acids is 1. The van der Waals surface area contributed by atoms with Crippen molar-refractivity contribution >= 4 is 11.7 Å². The predicted octanol–water partition coefficient (Wildman–Crippen LogP) is 7.91. The Morgan fingerprint density at radius 2 is 0.750 bits per heavy atom. The minimum absolute atomic E-state index is 0.0251. The van der Waals surface area contributed by atoms with E-state index in [1.165, 1.54) is 95.6 Å². The summed E-state index contributed by atoms with van der Waals surface area (Å²) in [4.78, 5) is 22.1. The van der Waals surface area contributed by atoms with E-state index in [-0.39, 0.29) is 18.3 Å². The van der Waals surface area contributed by atoms with Gasteiger partial charge in [0.1, 0.15) is 19.0 Å². The molecule has 0 fully saturated rings. The van der Waals surface area contributed by atoms with Crippen LogP contribution in [0.2, 0.25) is 0 Å². The van der Waals surface area contributed by atoms with Crippen LogP contribution in [0.25, 0.3) is 0 Å². The SMILES string of the molecule is CCCCCCCCCCCCCCCCCC(=O)OCCOCCOCCOCCOCCOCCOCCOCCOCCOc1ccc([N+](=O)[O-])cc1. The minimum atomic E-state index is -0.451. The zero-order valence-corrected chi connectivity index (χ0v) is 34.6. The maximum Gasteiger partial charge on any atom is 0.305 e. The summed E-state index contributed by atoms with van der Waals surface area (Å²) in [5, 5.41) is 10.7. The van der Waals surface area contributed by atoms with Crippen LogP contribution < -0.4 is 4.74 Å². The summed E-state index contributed by atoms with van der Waals surface area (Å²) < 4.78 is 54.5. The van der Waals surface area contributed by atoms with Crippen LogP contribution in [0, 0.1) is 10.1 Å². The molecule has 0 spiro atoms. The number of ether oxygens (including phenoxy) is 10. The van der Waals surface area contributed by atoms with Gasteiger partial charge in [0.25, 0.3) is 5.69 Å². The van der Waals surface area contributed by atoms with Crippen LogP contribution in [0.3, 0.4) is 0 Å². The number of nitro benzene ring substituents is 1. The van der Waals surface area contributed by atoms with Gasteiger partial charge >= 0.3 is 5.97 Å². The monoisotopic (exact) mass is 802 g/mol. The van der Waals surface area contributed by atoms with Crippen molar-refractivity contribution in [2.24, 2.45) is 0 Å². The first-order valence-electron chi connectivity index (χ1n) is 21.3. The quantitative estimate of drug-likeness (QED) is 0.0272. The van der Waals surface area contributed by atoms with E-state index in [4.69, 9.17) is 47.4 Å². The fourth-order valence-corrected chi connectivity index (χ4v) is 5.45. The Bertz CT molecular complexity index is 986. The number of non-ortho nitro benzene ring substituents is 1. The summed E-state index contributed by atoms with van der Waals surface area (Å²) in [7, 11) is 0. The van der Waals surface area contributed by atoms with E-state index in [1.807, 2.05) is 0 Å². The van der Waals surface area contributed by atoms with Crippen molar-refractivity contribution in [3.05, 3.63) is 34.4 Å². The Morgan fingerprint density at radius 3 is 1.09 bits per heavy atom. The first-order valence-corrected chi connectivity index (χ1v) is 21.3. The van der Waals surface area contributed by atoms with Gasteiger partial charge in [-0.2, -0.15) is 0 Å². The van der Waals surface area contributed by atoms with Crippen molar-refractivity contribution in [2.45, 2.75) is 110 Å². The van der Waals surface area contributed by atoms with E-state index in [2.05, 4.69) is 6.92 Å². The molecule has 0 atom stereocenters. The topological polar surface area (TPSA) is 153 Å². The lowest BCUT2D eigenvalue weighted by Gasteiger charge is -2.09. The number of hydrogen-bond acceptors (Lipinski definition) is 13. The maximum absolute atomic E-state index is 11.9. The fourth-order valence-electron chi connectivity index (χ4n) is 5.45. The Hall–Kier alpha value is -2.43. The molecular formula is C42H75NO13. The van der Waals surface area contributed by atoms with Gasteiger partial charge in [-0.1, -0.05) is 96.8 Å². The molecule has 1 aromatic carbocycles. The van der Waals surface area contributed by atoms with Crippen LogP contribution in [0.1, 0.15) is 110 Å². The molecule has 14 nitrogen and oxygen atoms in total. The molecule has 0 amide bonds. The molecule has 0 bridgehead atoms. The fraction of sp³-hybridized carbons (Fsp3) is 0.833. The molecule has 0 aliphatic heterocycles. The number of esters is 1. The highest BCUT2D eigenvalue weighted by molar-refractivity contribution is 5.69. The van der Waals surface area contributed by atoms with E-state index in [0.717, 1.165) is 12.8 Å². The standard InChI is InChI=1S/C42H75NO13/c1-2-3-4-5-6-7-8-9-10-11-12-13-14-15-16-17-42(44)56-39-37-54-35-33-52-31-29-50-27-25-48-23-22-47-24-26-49-28-30-51-32-34-53-36-38-55-41-20-18-40(19-21-41)43(45)46/h18-21H,2-17,22-39H2,1H3. The summed E-state index contributed by atoms with van der Waals surface area (Å²) in [6, 6.07) is 5.91. The molecule has 1 aromatic rings. The zero-order valence-electron chi connectivity index (χ0n) is 34.6. The van der Waals surface area contributed by atoms with Crippen molar-refractivity contribution in [2.75, 3.05) is 119 Å². The van der Waals surface area contributed by atoms with Crippen LogP contribution >= 0.6 is 0 Å². The summed E-state index contributed by atoms with van der Waals surface area (Å²) in [5.41, 5.74) is 0.0251. The molecule has 0 saturated heterocycles. The molecule has 0 aliphatic carbocycles.